The smallest absolute Gasteiger partial charge is 0.418 e. The van der Waals surface area contributed by atoms with Gasteiger partial charge in [0.05, 0.1) is 23.8 Å². The van der Waals surface area contributed by atoms with Gasteiger partial charge < -0.3 is 16.2 Å². The Labute approximate surface area is 157 Å². The molecule has 0 aliphatic carbocycles. The molecule has 0 unspecified atom stereocenters. The van der Waals surface area contributed by atoms with Crippen LogP contribution in [0.15, 0.2) is 6.07 Å². The summed E-state index contributed by atoms with van der Waals surface area (Å²) in [5.41, 5.74) is 9.79. The number of aryl methyl sites for hydroxylation is 3. The van der Waals surface area contributed by atoms with Gasteiger partial charge in [-0.25, -0.2) is 19.3 Å². The summed E-state index contributed by atoms with van der Waals surface area (Å²) in [6, 6.07) is 0.944. The van der Waals surface area contributed by atoms with Crippen LogP contribution in [0.1, 0.15) is 22.5 Å². The molecule has 3 aromatic rings. The van der Waals surface area contributed by atoms with Crippen LogP contribution in [0.4, 0.5) is 29.2 Å². The highest BCUT2D eigenvalue weighted by molar-refractivity contribution is 6.00. The van der Waals surface area contributed by atoms with Crippen molar-refractivity contribution in [1.82, 2.24) is 15.0 Å². The zero-order valence-electron chi connectivity index (χ0n) is 15.5. The van der Waals surface area contributed by atoms with E-state index in [4.69, 9.17) is 16.2 Å². The minimum absolute atomic E-state index is 0.00647. The molecule has 0 aliphatic rings. The van der Waals surface area contributed by atoms with Crippen molar-refractivity contribution in [2.75, 3.05) is 18.6 Å². The number of hydrogen-bond acceptors (Lipinski definition) is 6. The van der Waals surface area contributed by atoms with Crippen molar-refractivity contribution in [2.45, 2.75) is 26.9 Å². The predicted molar refractivity (Wildman–Crippen MR) is 97.3 cm³/mol. The van der Waals surface area contributed by atoms with Gasteiger partial charge in [-0.05, 0) is 32.4 Å². The minimum Gasteiger partial charge on any atom is -0.480 e. The topological polar surface area (TPSA) is 99.9 Å². The molecule has 10 heteroatoms. The number of rotatable bonds is 2. The molecule has 0 aliphatic heterocycles. The summed E-state index contributed by atoms with van der Waals surface area (Å²) in [5.74, 6) is -1.33. The predicted octanol–water partition coefficient (Wildman–Crippen LogP) is 3.95. The highest BCUT2D eigenvalue weighted by atomic mass is 19.4. The number of pyridine rings is 3. The average molecular weight is 395 g/mol. The first-order valence-corrected chi connectivity index (χ1v) is 8.11. The van der Waals surface area contributed by atoms with Crippen LogP contribution in [0.5, 0.6) is 5.88 Å². The van der Waals surface area contributed by atoms with E-state index in [0.717, 1.165) is 13.0 Å². The van der Waals surface area contributed by atoms with E-state index in [9.17, 15) is 13.2 Å². The molecule has 0 fully saturated rings. The number of nitrogens with zero attached hydrogens (tertiary/aromatic N) is 3. The Kier molecular flexibility index (Phi) is 4.52. The lowest BCUT2D eigenvalue weighted by atomic mass is 9.98. The third-order valence-corrected chi connectivity index (χ3v) is 4.52. The molecule has 0 aromatic carbocycles. The van der Waals surface area contributed by atoms with E-state index in [2.05, 4.69) is 15.0 Å². The maximum Gasteiger partial charge on any atom is 0.418 e. The minimum atomic E-state index is -4.79. The van der Waals surface area contributed by atoms with Gasteiger partial charge in [-0.2, -0.15) is 13.2 Å². The highest BCUT2D eigenvalue weighted by Gasteiger charge is 2.38. The first-order valence-electron chi connectivity index (χ1n) is 8.11. The number of alkyl halides is 3. The van der Waals surface area contributed by atoms with Gasteiger partial charge in [-0.1, -0.05) is 0 Å². The van der Waals surface area contributed by atoms with E-state index in [1.165, 1.54) is 7.11 Å². The standard InChI is InChI=1S/C18H17F4N5O/c1-6-7(2)26-16(24)12-11(6)14(19)15(27-17(12)28-4)9-5-10(23)25-8(3)13(9)18(20,21)22/h5H,1-4H3,(H2,23,25)(H2,24,26). The molecular weight excluding hydrogens is 378 g/mol. The molecule has 0 atom stereocenters. The lowest BCUT2D eigenvalue weighted by molar-refractivity contribution is -0.137. The van der Waals surface area contributed by atoms with Crippen molar-refractivity contribution in [2.24, 2.45) is 0 Å². The number of anilines is 2. The third kappa shape index (κ3) is 2.94. The molecule has 0 saturated carbocycles. The molecule has 0 spiro atoms. The molecule has 148 valence electrons. The summed E-state index contributed by atoms with van der Waals surface area (Å²) >= 11 is 0. The molecule has 4 N–H and O–H groups in total. The molecule has 0 amide bonds. The normalized spacial score (nSPS) is 11.9. The summed E-state index contributed by atoms with van der Waals surface area (Å²) < 4.78 is 61.7. The van der Waals surface area contributed by atoms with Crippen molar-refractivity contribution in [1.29, 1.82) is 0 Å². The van der Waals surface area contributed by atoms with Crippen molar-refractivity contribution in [3.05, 3.63) is 34.4 Å². The number of halogens is 4. The molecule has 3 rings (SSSR count). The Hall–Kier alpha value is -3.17. The van der Waals surface area contributed by atoms with Gasteiger partial charge in [-0.15, -0.1) is 0 Å². The number of nitrogen functional groups attached to an aromatic ring is 2. The molecule has 0 radical (unpaired) electrons. The van der Waals surface area contributed by atoms with Crippen LogP contribution >= 0.6 is 0 Å². The third-order valence-electron chi connectivity index (χ3n) is 4.52. The summed E-state index contributed by atoms with van der Waals surface area (Å²) in [6.07, 6.45) is -4.79. The van der Waals surface area contributed by atoms with Crippen LogP contribution in [0.2, 0.25) is 0 Å². The molecule has 6 nitrogen and oxygen atoms in total. The average Bonchev–Trinajstić information content (AvgIpc) is 2.57. The monoisotopic (exact) mass is 395 g/mol. The fraction of sp³-hybridized carbons (Fsp3) is 0.278. The van der Waals surface area contributed by atoms with Crippen molar-refractivity contribution in [3.8, 4) is 17.1 Å². The lowest BCUT2D eigenvalue weighted by Gasteiger charge is -2.18. The number of hydrogen-bond donors (Lipinski definition) is 2. The van der Waals surface area contributed by atoms with Gasteiger partial charge in [0.2, 0.25) is 5.88 Å². The fourth-order valence-corrected chi connectivity index (χ4v) is 3.20. The van der Waals surface area contributed by atoms with Crippen LogP contribution in [0.3, 0.4) is 0 Å². The van der Waals surface area contributed by atoms with Gasteiger partial charge in [0.25, 0.3) is 0 Å². The second kappa shape index (κ2) is 6.47. The van der Waals surface area contributed by atoms with E-state index in [1.807, 2.05) is 0 Å². The summed E-state index contributed by atoms with van der Waals surface area (Å²) in [6.45, 7) is 4.36. The van der Waals surface area contributed by atoms with Gasteiger partial charge in [-0.3, -0.25) is 0 Å². The van der Waals surface area contributed by atoms with Crippen molar-refractivity contribution in [3.63, 3.8) is 0 Å². The van der Waals surface area contributed by atoms with Crippen molar-refractivity contribution < 1.29 is 22.3 Å². The maximum absolute atomic E-state index is 15.5. The number of ether oxygens (including phenoxy) is 1. The summed E-state index contributed by atoms with van der Waals surface area (Å²) in [7, 11) is 1.26. The maximum atomic E-state index is 15.5. The largest absolute Gasteiger partial charge is 0.480 e. The van der Waals surface area contributed by atoms with Gasteiger partial charge >= 0.3 is 6.18 Å². The fourth-order valence-electron chi connectivity index (χ4n) is 3.20. The number of aromatic nitrogens is 3. The van der Waals surface area contributed by atoms with Crippen LogP contribution in [-0.2, 0) is 6.18 Å². The van der Waals surface area contributed by atoms with E-state index in [-0.39, 0.29) is 34.0 Å². The SMILES string of the molecule is COc1nc(-c2cc(N)nc(C)c2C(F)(F)F)c(F)c2c(C)c(C)nc(N)c12. The Morgan fingerprint density at radius 2 is 1.61 bits per heavy atom. The second-order valence-electron chi connectivity index (χ2n) is 6.29. The molecule has 3 aromatic heterocycles. The molecule has 3 heterocycles. The first-order chi connectivity index (χ1) is 13.0. The number of fused-ring (bicyclic) bond motifs is 1. The lowest BCUT2D eigenvalue weighted by Crippen LogP contribution is -2.14. The van der Waals surface area contributed by atoms with Crippen LogP contribution in [0, 0.1) is 26.6 Å². The van der Waals surface area contributed by atoms with Crippen LogP contribution in [0.25, 0.3) is 22.0 Å². The number of methoxy groups -OCH3 is 1. The zero-order chi connectivity index (χ0) is 21.0. The van der Waals surface area contributed by atoms with Gasteiger partial charge in [0, 0.05) is 16.6 Å². The Bertz CT molecular complexity index is 1110. The molecule has 28 heavy (non-hydrogen) atoms. The van der Waals surface area contributed by atoms with E-state index in [1.54, 1.807) is 13.8 Å². The van der Waals surface area contributed by atoms with Crippen LogP contribution < -0.4 is 16.2 Å². The van der Waals surface area contributed by atoms with E-state index < -0.39 is 28.8 Å². The summed E-state index contributed by atoms with van der Waals surface area (Å²) in [5, 5.41) is 0.0900. The Morgan fingerprint density at radius 1 is 0.964 bits per heavy atom. The Morgan fingerprint density at radius 3 is 2.18 bits per heavy atom. The first kappa shape index (κ1) is 19.6. The zero-order valence-corrected chi connectivity index (χ0v) is 15.5. The van der Waals surface area contributed by atoms with Gasteiger partial charge in [0.15, 0.2) is 5.82 Å². The van der Waals surface area contributed by atoms with Crippen LogP contribution in [-0.4, -0.2) is 22.1 Å². The number of nitrogens with two attached hydrogens (primary N) is 2. The molecule has 0 saturated heterocycles. The highest BCUT2D eigenvalue weighted by Crippen LogP contribution is 2.43. The summed E-state index contributed by atoms with van der Waals surface area (Å²) in [4.78, 5) is 11.7. The molecular formula is C18H17F4N5O. The Balaban J connectivity index is 2.54. The van der Waals surface area contributed by atoms with E-state index in [0.29, 0.717) is 11.3 Å². The quantitative estimate of drug-likeness (QED) is 0.638. The van der Waals surface area contributed by atoms with E-state index >= 15 is 4.39 Å². The van der Waals surface area contributed by atoms with Crippen molar-refractivity contribution >= 4 is 22.4 Å². The molecule has 0 bridgehead atoms. The van der Waals surface area contributed by atoms with Gasteiger partial charge in [0.1, 0.15) is 17.3 Å². The second-order valence-corrected chi connectivity index (χ2v) is 6.29.